The average molecular weight is 484 g/mol. The largest absolute Gasteiger partial charge is 0.416 e. The first kappa shape index (κ1) is 22.8. The number of rotatable bonds is 4. The molecule has 14 heteroatoms. The summed E-state index contributed by atoms with van der Waals surface area (Å²) in [6.45, 7) is 0. The van der Waals surface area contributed by atoms with Crippen LogP contribution in [0.25, 0.3) is 0 Å². The average Bonchev–Trinajstić information content (AvgIpc) is 3.23. The number of nitrogens with one attached hydrogen (secondary N) is 4. The minimum absolute atomic E-state index is 0.0264. The topological polar surface area (TPSA) is 90.0 Å². The van der Waals surface area contributed by atoms with Crippen molar-refractivity contribution in [1.82, 2.24) is 15.9 Å². The molecule has 34 heavy (non-hydrogen) atoms. The fraction of sp³-hybridized carbons (Fsp3) is 0.100. The molecule has 0 saturated carbocycles. The predicted molar refractivity (Wildman–Crippen MR) is 109 cm³/mol. The van der Waals surface area contributed by atoms with Gasteiger partial charge in [0.05, 0.1) is 17.3 Å². The summed E-state index contributed by atoms with van der Waals surface area (Å²) in [5.74, 6) is 0.360. The number of urea groups is 1. The van der Waals surface area contributed by atoms with Gasteiger partial charge in [0, 0.05) is 17.6 Å². The highest BCUT2D eigenvalue weighted by Crippen LogP contribution is 2.37. The predicted octanol–water partition coefficient (Wildman–Crippen LogP) is 4.80. The van der Waals surface area contributed by atoms with Gasteiger partial charge in [-0.25, -0.2) is 9.79 Å². The molecule has 0 unspecified atom stereocenters. The summed E-state index contributed by atoms with van der Waals surface area (Å²) in [6.07, 6.45) is -5.40. The third-order valence-electron chi connectivity index (χ3n) is 4.47. The van der Waals surface area contributed by atoms with Gasteiger partial charge in [-0.1, -0.05) is 0 Å². The van der Waals surface area contributed by atoms with Gasteiger partial charge in [-0.15, -0.1) is 0 Å². The number of fused-ring (bicyclic) bond motifs is 1. The maximum Gasteiger partial charge on any atom is 0.416 e. The first-order valence-electron chi connectivity index (χ1n) is 9.39. The van der Waals surface area contributed by atoms with Crippen LogP contribution in [0.2, 0.25) is 0 Å². The van der Waals surface area contributed by atoms with Crippen molar-refractivity contribution >= 4 is 23.7 Å². The summed E-state index contributed by atoms with van der Waals surface area (Å²) >= 11 is 0. The van der Waals surface area contributed by atoms with E-state index in [0.717, 1.165) is 0 Å². The first-order chi connectivity index (χ1) is 16.0. The number of hydrogen-bond acceptors (Lipinski definition) is 6. The van der Waals surface area contributed by atoms with Crippen LogP contribution in [0.1, 0.15) is 11.1 Å². The molecule has 178 valence electrons. The van der Waals surface area contributed by atoms with E-state index in [-0.39, 0.29) is 11.8 Å². The molecule has 2 aliphatic heterocycles. The van der Waals surface area contributed by atoms with Crippen LogP contribution in [0.4, 0.5) is 42.5 Å². The number of benzene rings is 2. The summed E-state index contributed by atoms with van der Waals surface area (Å²) < 4.78 is 77.8. The number of halogens is 6. The van der Waals surface area contributed by atoms with Crippen molar-refractivity contribution in [2.75, 3.05) is 10.6 Å². The van der Waals surface area contributed by atoms with Gasteiger partial charge in [0.15, 0.2) is 5.75 Å². The maximum absolute atomic E-state index is 13.0. The number of amides is 2. The van der Waals surface area contributed by atoms with Crippen LogP contribution in [0.5, 0.6) is 5.75 Å². The van der Waals surface area contributed by atoms with E-state index in [1.165, 1.54) is 35.7 Å². The smallest absolute Gasteiger partial charge is 0.374 e. The summed E-state index contributed by atoms with van der Waals surface area (Å²) in [4.78, 5) is 21.8. The number of alkyl halides is 6. The fourth-order valence-corrected chi connectivity index (χ4v) is 2.94. The Balaban J connectivity index is 1.42. The standard InChI is InChI=1S/C20H14F6N6O2/c21-19(22,23)11-5-12(20(24,25)26)7-14(6-11)30-18(33)29-13-1-3-15(4-2-13)34-32-10-27-8-16-17(32)9-28-31-16/h1-10,28,31H,(H2,29,30,33). The van der Waals surface area contributed by atoms with E-state index >= 15 is 0 Å². The van der Waals surface area contributed by atoms with Crippen molar-refractivity contribution in [2.24, 2.45) is 4.99 Å². The van der Waals surface area contributed by atoms with Gasteiger partial charge in [0.1, 0.15) is 17.7 Å². The molecule has 4 N–H and O–H groups in total. The lowest BCUT2D eigenvalue weighted by molar-refractivity contribution is -0.143. The minimum atomic E-state index is -5.03. The van der Waals surface area contributed by atoms with Crippen LogP contribution < -0.4 is 26.3 Å². The normalized spacial score (nSPS) is 14.9. The summed E-state index contributed by atoms with van der Waals surface area (Å²) in [5, 5.41) is 5.69. The van der Waals surface area contributed by atoms with E-state index in [1.807, 2.05) is 5.32 Å². The SMILES string of the molecule is O=C(Nc1ccc(ON2C=NC=C3NNC=C32)cc1)Nc1cc(C(F)(F)F)cc(C(F)(F)F)c1. The highest BCUT2D eigenvalue weighted by atomic mass is 19.4. The molecule has 2 heterocycles. The number of carbonyl (C=O) groups excluding carboxylic acids is 1. The molecule has 0 radical (unpaired) electrons. The second-order valence-corrected chi connectivity index (χ2v) is 6.92. The molecule has 0 fully saturated rings. The molecule has 8 nitrogen and oxygen atoms in total. The number of carbonyl (C=O) groups is 1. The molecule has 0 bridgehead atoms. The number of aliphatic imine (C=N–C) groups is 1. The number of hydroxylamine groups is 2. The molecule has 0 aliphatic carbocycles. The van der Waals surface area contributed by atoms with Crippen LogP contribution in [-0.4, -0.2) is 17.4 Å². The van der Waals surface area contributed by atoms with Crippen LogP contribution in [0, 0.1) is 0 Å². The summed E-state index contributed by atoms with van der Waals surface area (Å²) in [5.41, 5.74) is 3.45. The van der Waals surface area contributed by atoms with Gasteiger partial charge in [0.25, 0.3) is 0 Å². The van der Waals surface area contributed by atoms with Crippen LogP contribution in [0.3, 0.4) is 0 Å². The van der Waals surface area contributed by atoms with Gasteiger partial charge < -0.3 is 20.9 Å². The van der Waals surface area contributed by atoms with Crippen LogP contribution >= 0.6 is 0 Å². The van der Waals surface area contributed by atoms with E-state index in [2.05, 4.69) is 21.2 Å². The van der Waals surface area contributed by atoms with Crippen molar-refractivity contribution < 1.29 is 36.0 Å². The Kier molecular flexibility index (Phi) is 5.73. The molecule has 2 amide bonds. The Bertz CT molecular complexity index is 1160. The Morgan fingerprint density at radius 3 is 2.15 bits per heavy atom. The molecule has 0 saturated heterocycles. The Morgan fingerprint density at radius 2 is 1.53 bits per heavy atom. The third kappa shape index (κ3) is 5.16. The van der Waals surface area contributed by atoms with Gasteiger partial charge in [-0.3, -0.25) is 5.43 Å². The van der Waals surface area contributed by atoms with E-state index in [1.54, 1.807) is 12.4 Å². The lowest BCUT2D eigenvalue weighted by Crippen LogP contribution is -2.29. The fourth-order valence-electron chi connectivity index (χ4n) is 2.94. The molecule has 2 aliphatic rings. The van der Waals surface area contributed by atoms with E-state index in [0.29, 0.717) is 29.3 Å². The second-order valence-electron chi connectivity index (χ2n) is 6.92. The van der Waals surface area contributed by atoms with Crippen LogP contribution in [-0.2, 0) is 12.4 Å². The zero-order valence-electron chi connectivity index (χ0n) is 16.8. The van der Waals surface area contributed by atoms with Crippen LogP contribution in [0.15, 0.2) is 71.3 Å². The second kappa shape index (κ2) is 8.53. The molecular weight excluding hydrogens is 470 g/mol. The molecule has 4 rings (SSSR count). The summed E-state index contributed by atoms with van der Waals surface area (Å²) in [7, 11) is 0. The highest BCUT2D eigenvalue weighted by molar-refractivity contribution is 5.99. The zero-order chi connectivity index (χ0) is 24.5. The number of nitrogens with zero attached hydrogens (tertiary/aromatic N) is 2. The lowest BCUT2D eigenvalue weighted by Gasteiger charge is -2.22. The monoisotopic (exact) mass is 484 g/mol. The maximum atomic E-state index is 13.0. The molecule has 0 aromatic heterocycles. The van der Waals surface area contributed by atoms with Gasteiger partial charge in [0.2, 0.25) is 0 Å². The number of hydrogen-bond donors (Lipinski definition) is 4. The first-order valence-corrected chi connectivity index (χ1v) is 9.39. The Morgan fingerprint density at radius 1 is 0.912 bits per heavy atom. The molecular formula is C20H14F6N6O2. The van der Waals surface area contributed by atoms with Crippen molar-refractivity contribution in [2.45, 2.75) is 12.4 Å². The summed E-state index contributed by atoms with van der Waals surface area (Å²) in [6, 6.07) is 5.60. The third-order valence-corrected chi connectivity index (χ3v) is 4.47. The molecule has 0 spiro atoms. The Hall–Kier alpha value is -4.36. The van der Waals surface area contributed by atoms with E-state index in [9.17, 15) is 31.1 Å². The van der Waals surface area contributed by atoms with Crippen molar-refractivity contribution in [3.05, 3.63) is 77.4 Å². The lowest BCUT2D eigenvalue weighted by atomic mass is 10.1. The van der Waals surface area contributed by atoms with E-state index in [4.69, 9.17) is 4.84 Å². The van der Waals surface area contributed by atoms with Crippen molar-refractivity contribution in [3.63, 3.8) is 0 Å². The van der Waals surface area contributed by atoms with E-state index < -0.39 is 35.2 Å². The Labute approximate surface area is 187 Å². The van der Waals surface area contributed by atoms with Gasteiger partial charge in [-0.05, 0) is 42.5 Å². The van der Waals surface area contributed by atoms with Crippen molar-refractivity contribution in [1.29, 1.82) is 0 Å². The van der Waals surface area contributed by atoms with Gasteiger partial charge >= 0.3 is 18.4 Å². The number of hydrazine groups is 1. The molecule has 2 aromatic carbocycles. The zero-order valence-corrected chi connectivity index (χ0v) is 16.8. The minimum Gasteiger partial charge on any atom is -0.374 e. The van der Waals surface area contributed by atoms with Gasteiger partial charge in [-0.2, -0.15) is 31.4 Å². The molecule has 0 atom stereocenters. The highest BCUT2D eigenvalue weighted by Gasteiger charge is 2.37. The van der Waals surface area contributed by atoms with Crippen molar-refractivity contribution in [3.8, 4) is 5.75 Å². The number of anilines is 2. The molecule has 2 aromatic rings. The quantitative estimate of drug-likeness (QED) is 0.469.